The third-order valence-electron chi connectivity index (χ3n) is 5.06. The predicted molar refractivity (Wildman–Crippen MR) is 126 cm³/mol. The lowest BCUT2D eigenvalue weighted by Crippen LogP contribution is -2.16. The Kier molecular flexibility index (Phi) is 7.59. The van der Waals surface area contributed by atoms with E-state index in [-0.39, 0.29) is 21.7 Å². The van der Waals surface area contributed by atoms with Gasteiger partial charge >= 0.3 is 0 Å². The molecule has 0 radical (unpaired) electrons. The molecule has 3 aromatic rings. The maximum Gasteiger partial charge on any atom is 0.233 e. The van der Waals surface area contributed by atoms with E-state index in [9.17, 15) is 8.42 Å². The molecule has 0 fully saturated rings. The Bertz CT molecular complexity index is 1210. The van der Waals surface area contributed by atoms with Crippen LogP contribution in [0.5, 0.6) is 17.2 Å². The molecular weight excluding hydrogens is 460 g/mol. The number of oxazole rings is 1. The van der Waals surface area contributed by atoms with E-state index in [1.54, 1.807) is 37.4 Å². The van der Waals surface area contributed by atoms with Gasteiger partial charge in [-0.2, -0.15) is 4.98 Å². The van der Waals surface area contributed by atoms with Crippen molar-refractivity contribution in [2.45, 2.75) is 29.7 Å². The zero-order valence-corrected chi connectivity index (χ0v) is 20.0. The summed E-state index contributed by atoms with van der Waals surface area (Å²) in [4.78, 5) is 4.41. The summed E-state index contributed by atoms with van der Waals surface area (Å²) in [6.07, 6.45) is 1.57. The lowest BCUT2D eigenvalue weighted by molar-refractivity contribution is 0.171. The van der Waals surface area contributed by atoms with Crippen LogP contribution in [-0.2, 0) is 14.6 Å². The van der Waals surface area contributed by atoms with Gasteiger partial charge in [0, 0.05) is 31.9 Å². The molecule has 0 saturated carbocycles. The average Bonchev–Trinajstić information content (AvgIpc) is 3.30. The topological polar surface area (TPSA) is 109 Å². The minimum Gasteiger partial charge on any atom is -0.494 e. The quantitative estimate of drug-likeness (QED) is 0.398. The molecule has 1 aromatic heterocycles. The van der Waals surface area contributed by atoms with Gasteiger partial charge in [-0.15, -0.1) is 0 Å². The van der Waals surface area contributed by atoms with Crippen molar-refractivity contribution in [3.63, 3.8) is 0 Å². The first kappa shape index (κ1) is 23.9. The molecule has 0 aliphatic carbocycles. The highest BCUT2D eigenvalue weighted by Gasteiger charge is 2.30. The van der Waals surface area contributed by atoms with Crippen LogP contribution in [0, 0.1) is 0 Å². The van der Waals surface area contributed by atoms with E-state index >= 15 is 0 Å². The third kappa shape index (κ3) is 5.28. The first-order valence-corrected chi connectivity index (χ1v) is 12.6. The van der Waals surface area contributed by atoms with Crippen LogP contribution in [0.25, 0.3) is 11.5 Å². The number of fused-ring (bicyclic) bond motifs is 1. The molecule has 4 rings (SSSR count). The van der Waals surface area contributed by atoms with Crippen molar-refractivity contribution in [2.24, 2.45) is 0 Å². The Morgan fingerprint density at radius 2 is 1.79 bits per heavy atom. The van der Waals surface area contributed by atoms with Crippen molar-refractivity contribution < 1.29 is 31.8 Å². The van der Waals surface area contributed by atoms with Crippen molar-refractivity contribution >= 4 is 15.7 Å². The molecular formula is C24H28N2O7S. The Morgan fingerprint density at radius 1 is 1.03 bits per heavy atom. The summed E-state index contributed by atoms with van der Waals surface area (Å²) < 4.78 is 54.7. The molecule has 1 N–H and O–H groups in total. The number of aromatic nitrogens is 1. The van der Waals surface area contributed by atoms with E-state index in [4.69, 9.17) is 23.4 Å². The van der Waals surface area contributed by atoms with Gasteiger partial charge in [0.25, 0.3) is 0 Å². The van der Waals surface area contributed by atoms with Crippen LogP contribution in [0.3, 0.4) is 0 Å². The van der Waals surface area contributed by atoms with Crippen LogP contribution in [0.2, 0.25) is 0 Å². The summed E-state index contributed by atoms with van der Waals surface area (Å²) in [5, 5.41) is 2.86. The summed E-state index contributed by atoms with van der Waals surface area (Å²) in [5.41, 5.74) is 0.632. The molecule has 0 amide bonds. The van der Waals surface area contributed by atoms with Crippen LogP contribution in [0.4, 0.5) is 5.88 Å². The van der Waals surface area contributed by atoms with Crippen molar-refractivity contribution in [1.82, 2.24) is 4.98 Å². The molecule has 2 aromatic carbocycles. The van der Waals surface area contributed by atoms with Crippen molar-refractivity contribution in [2.75, 3.05) is 45.4 Å². The van der Waals surface area contributed by atoms with Gasteiger partial charge in [-0.05, 0) is 49.2 Å². The lowest BCUT2D eigenvalue weighted by atomic mass is 10.2. The monoisotopic (exact) mass is 488 g/mol. The second-order valence-corrected chi connectivity index (χ2v) is 9.47. The molecule has 2 heterocycles. The molecule has 34 heavy (non-hydrogen) atoms. The fourth-order valence-electron chi connectivity index (χ4n) is 3.36. The first-order valence-electron chi connectivity index (χ1n) is 11.1. The number of sulfone groups is 1. The minimum absolute atomic E-state index is 0.0415. The zero-order valence-electron chi connectivity index (χ0n) is 19.2. The maximum atomic E-state index is 13.5. The molecule has 0 spiro atoms. The molecule has 9 nitrogen and oxygen atoms in total. The van der Waals surface area contributed by atoms with Crippen LogP contribution >= 0.6 is 0 Å². The van der Waals surface area contributed by atoms with Crippen LogP contribution in [0.15, 0.2) is 56.8 Å². The highest BCUT2D eigenvalue weighted by molar-refractivity contribution is 7.91. The van der Waals surface area contributed by atoms with Gasteiger partial charge in [0.15, 0.2) is 11.5 Å². The van der Waals surface area contributed by atoms with Gasteiger partial charge in [-0.3, -0.25) is 0 Å². The van der Waals surface area contributed by atoms with Crippen molar-refractivity contribution in [3.05, 3.63) is 42.5 Å². The van der Waals surface area contributed by atoms with Crippen molar-refractivity contribution in [1.29, 1.82) is 0 Å². The molecule has 0 atom stereocenters. The number of methoxy groups -OCH3 is 1. The Hall–Kier alpha value is -3.24. The highest BCUT2D eigenvalue weighted by Crippen LogP contribution is 2.37. The minimum atomic E-state index is -4.01. The molecule has 0 bridgehead atoms. The van der Waals surface area contributed by atoms with Gasteiger partial charge in [-0.1, -0.05) is 6.92 Å². The predicted octanol–water partition coefficient (Wildman–Crippen LogP) is 4.18. The number of anilines is 1. The summed E-state index contributed by atoms with van der Waals surface area (Å²) in [7, 11) is -2.40. The second kappa shape index (κ2) is 10.8. The van der Waals surface area contributed by atoms with E-state index in [0.29, 0.717) is 56.5 Å². The third-order valence-corrected chi connectivity index (χ3v) is 6.72. The number of nitrogens with one attached hydrogen (secondary N) is 1. The van der Waals surface area contributed by atoms with Gasteiger partial charge < -0.3 is 28.7 Å². The number of nitrogens with zero attached hydrogens (tertiary/aromatic N) is 1. The average molecular weight is 489 g/mol. The van der Waals surface area contributed by atoms with E-state index in [0.717, 1.165) is 12.2 Å². The standard InChI is InChI=1S/C24H28N2O7S/c1-3-12-30-18-7-5-17(6-8-18)22-26-24(23(33-22)25-11-4-13-29-2)34(27,28)19-9-10-20-21(16-19)32-15-14-31-20/h5-10,16,25H,3-4,11-15H2,1-2H3. The maximum absolute atomic E-state index is 13.5. The molecule has 0 unspecified atom stereocenters. The first-order chi connectivity index (χ1) is 16.5. The van der Waals surface area contributed by atoms with Gasteiger partial charge in [0.1, 0.15) is 19.0 Å². The number of hydrogen-bond acceptors (Lipinski definition) is 9. The number of hydrogen-bond donors (Lipinski definition) is 1. The van der Waals surface area contributed by atoms with Crippen LogP contribution in [0.1, 0.15) is 19.8 Å². The summed E-state index contributed by atoms with van der Waals surface area (Å²) in [6.45, 7) is 4.41. The summed E-state index contributed by atoms with van der Waals surface area (Å²) in [6, 6.07) is 11.7. The summed E-state index contributed by atoms with van der Waals surface area (Å²) in [5.74, 6) is 1.88. The molecule has 182 valence electrons. The normalized spacial score (nSPS) is 13.0. The van der Waals surface area contributed by atoms with E-state index in [1.165, 1.54) is 12.1 Å². The zero-order chi connectivity index (χ0) is 24.0. The number of ether oxygens (including phenoxy) is 4. The highest BCUT2D eigenvalue weighted by atomic mass is 32.2. The Labute approximate surface area is 198 Å². The number of benzene rings is 2. The number of rotatable bonds is 11. The fourth-order valence-corrected chi connectivity index (χ4v) is 4.65. The van der Waals surface area contributed by atoms with Crippen molar-refractivity contribution in [3.8, 4) is 28.7 Å². The molecule has 0 saturated heterocycles. The van der Waals surface area contributed by atoms with E-state index in [2.05, 4.69) is 10.3 Å². The van der Waals surface area contributed by atoms with Gasteiger partial charge in [0.05, 0.1) is 11.5 Å². The SMILES string of the molecule is CCCOc1ccc(-c2nc(S(=O)(=O)c3ccc4c(c3)OCCO4)c(NCCCOC)o2)cc1. The molecule has 1 aliphatic heterocycles. The van der Waals surface area contributed by atoms with Crippen LogP contribution in [-0.4, -0.2) is 53.5 Å². The Balaban J connectivity index is 1.67. The smallest absolute Gasteiger partial charge is 0.233 e. The fraction of sp³-hybridized carbons (Fsp3) is 0.375. The Morgan fingerprint density at radius 3 is 2.53 bits per heavy atom. The second-order valence-electron chi connectivity index (χ2n) is 7.61. The van der Waals surface area contributed by atoms with E-state index in [1.807, 2.05) is 6.92 Å². The molecule has 1 aliphatic rings. The van der Waals surface area contributed by atoms with E-state index < -0.39 is 9.84 Å². The van der Waals surface area contributed by atoms with Gasteiger partial charge in [0.2, 0.25) is 26.6 Å². The molecule has 10 heteroatoms. The van der Waals surface area contributed by atoms with Crippen LogP contribution < -0.4 is 19.5 Å². The van der Waals surface area contributed by atoms with Gasteiger partial charge in [-0.25, -0.2) is 8.42 Å². The largest absolute Gasteiger partial charge is 0.494 e. The lowest BCUT2D eigenvalue weighted by Gasteiger charge is -2.18. The summed E-state index contributed by atoms with van der Waals surface area (Å²) >= 11 is 0.